The summed E-state index contributed by atoms with van der Waals surface area (Å²) in [6, 6.07) is 5.68. The Morgan fingerprint density at radius 2 is 2.11 bits per heavy atom. The van der Waals surface area contributed by atoms with Crippen LogP contribution in [0, 0.1) is 0 Å². The molecule has 0 aromatic heterocycles. The van der Waals surface area contributed by atoms with Gasteiger partial charge >= 0.3 is 0 Å². The zero-order valence-electron chi connectivity index (χ0n) is 10.4. The molecule has 1 aliphatic rings. The Morgan fingerprint density at radius 1 is 1.44 bits per heavy atom. The van der Waals surface area contributed by atoms with Crippen LogP contribution in [0.3, 0.4) is 0 Å². The molecule has 18 heavy (non-hydrogen) atoms. The van der Waals surface area contributed by atoms with Crippen molar-refractivity contribution >= 4 is 21.8 Å². The van der Waals surface area contributed by atoms with Crippen molar-refractivity contribution in [2.75, 3.05) is 20.2 Å². The van der Waals surface area contributed by atoms with E-state index in [0.29, 0.717) is 11.3 Å². The molecule has 1 fully saturated rings. The predicted octanol–water partition coefficient (Wildman–Crippen LogP) is 2.02. The van der Waals surface area contributed by atoms with Crippen LogP contribution in [0.5, 0.6) is 5.75 Å². The first-order valence-electron chi connectivity index (χ1n) is 6.00. The molecule has 0 bridgehead atoms. The van der Waals surface area contributed by atoms with E-state index < -0.39 is 0 Å². The van der Waals surface area contributed by atoms with E-state index in [2.05, 4.69) is 15.9 Å². The van der Waals surface area contributed by atoms with E-state index in [1.807, 2.05) is 11.0 Å². The third kappa shape index (κ3) is 2.84. The molecule has 0 saturated carbocycles. The number of nitrogens with zero attached hydrogens (tertiary/aromatic N) is 1. The minimum atomic E-state index is 0.0139. The third-order valence-corrected chi connectivity index (χ3v) is 3.71. The number of piperidine rings is 1. The molecular weight excluding hydrogens is 296 g/mol. The Balaban J connectivity index is 2.20. The van der Waals surface area contributed by atoms with E-state index in [9.17, 15) is 4.79 Å². The number of hydrogen-bond donors (Lipinski definition) is 1. The maximum Gasteiger partial charge on any atom is 0.257 e. The number of rotatable bonds is 2. The maximum absolute atomic E-state index is 12.4. The molecule has 1 aromatic carbocycles. The minimum absolute atomic E-state index is 0.0139. The minimum Gasteiger partial charge on any atom is -0.496 e. The smallest absolute Gasteiger partial charge is 0.257 e. The summed E-state index contributed by atoms with van der Waals surface area (Å²) in [5, 5.41) is 0. The van der Waals surface area contributed by atoms with Crippen molar-refractivity contribution in [3.8, 4) is 5.75 Å². The maximum atomic E-state index is 12.4. The highest BCUT2D eigenvalue weighted by atomic mass is 79.9. The van der Waals surface area contributed by atoms with Crippen molar-refractivity contribution in [3.05, 3.63) is 28.2 Å². The highest BCUT2D eigenvalue weighted by molar-refractivity contribution is 9.10. The Labute approximate surface area is 115 Å². The fourth-order valence-corrected chi connectivity index (χ4v) is 2.48. The van der Waals surface area contributed by atoms with E-state index in [0.717, 1.165) is 30.4 Å². The van der Waals surface area contributed by atoms with E-state index >= 15 is 0 Å². The van der Waals surface area contributed by atoms with Gasteiger partial charge in [0.25, 0.3) is 5.91 Å². The molecule has 1 aromatic rings. The van der Waals surface area contributed by atoms with Crippen molar-refractivity contribution in [2.45, 2.75) is 18.9 Å². The SMILES string of the molecule is COc1ccc(Br)cc1C(=O)N1CCC(N)CC1. The molecule has 1 saturated heterocycles. The largest absolute Gasteiger partial charge is 0.496 e. The molecule has 4 nitrogen and oxygen atoms in total. The Hall–Kier alpha value is -1.07. The monoisotopic (exact) mass is 312 g/mol. The van der Waals surface area contributed by atoms with E-state index in [1.165, 1.54) is 0 Å². The fourth-order valence-electron chi connectivity index (χ4n) is 2.12. The number of halogens is 1. The summed E-state index contributed by atoms with van der Waals surface area (Å²) < 4.78 is 6.12. The first kappa shape index (κ1) is 13.4. The van der Waals surface area contributed by atoms with Crippen LogP contribution < -0.4 is 10.5 Å². The van der Waals surface area contributed by atoms with Crippen molar-refractivity contribution in [2.24, 2.45) is 5.73 Å². The third-order valence-electron chi connectivity index (χ3n) is 3.22. The zero-order chi connectivity index (χ0) is 13.1. The molecule has 0 unspecified atom stereocenters. The summed E-state index contributed by atoms with van der Waals surface area (Å²) >= 11 is 3.38. The van der Waals surface area contributed by atoms with E-state index in [4.69, 9.17) is 10.5 Å². The topological polar surface area (TPSA) is 55.6 Å². The summed E-state index contributed by atoms with van der Waals surface area (Å²) in [6.45, 7) is 1.44. The molecule has 0 aliphatic carbocycles. The molecule has 1 aliphatic heterocycles. The summed E-state index contributed by atoms with van der Waals surface area (Å²) in [7, 11) is 1.58. The van der Waals surface area contributed by atoms with Gasteiger partial charge in [-0.05, 0) is 31.0 Å². The number of ether oxygens (including phenoxy) is 1. The van der Waals surface area contributed by atoms with Crippen LogP contribution in [0.15, 0.2) is 22.7 Å². The molecule has 1 heterocycles. The van der Waals surface area contributed by atoms with Gasteiger partial charge in [0.2, 0.25) is 0 Å². The highest BCUT2D eigenvalue weighted by Crippen LogP contribution is 2.25. The molecule has 0 spiro atoms. The summed E-state index contributed by atoms with van der Waals surface area (Å²) in [5.74, 6) is 0.623. The number of hydrogen-bond acceptors (Lipinski definition) is 3. The lowest BCUT2D eigenvalue weighted by Crippen LogP contribution is -2.42. The molecular formula is C13H17BrN2O2. The van der Waals surface area contributed by atoms with Crippen LogP contribution in [0.25, 0.3) is 0 Å². The van der Waals surface area contributed by atoms with Gasteiger partial charge in [-0.3, -0.25) is 4.79 Å². The predicted molar refractivity (Wildman–Crippen MR) is 73.8 cm³/mol. The number of amides is 1. The molecule has 5 heteroatoms. The molecule has 2 rings (SSSR count). The number of carbonyl (C=O) groups is 1. The van der Waals surface area contributed by atoms with Gasteiger partial charge in [0.1, 0.15) is 5.75 Å². The van der Waals surface area contributed by atoms with Crippen LogP contribution in [-0.4, -0.2) is 37.0 Å². The Bertz CT molecular complexity index is 443. The van der Waals surface area contributed by atoms with Crippen LogP contribution in [-0.2, 0) is 0 Å². The van der Waals surface area contributed by atoms with Gasteiger partial charge in [-0.25, -0.2) is 0 Å². The first-order valence-corrected chi connectivity index (χ1v) is 6.79. The highest BCUT2D eigenvalue weighted by Gasteiger charge is 2.23. The van der Waals surface area contributed by atoms with Gasteiger partial charge in [0.15, 0.2) is 0 Å². The summed E-state index contributed by atoms with van der Waals surface area (Å²) in [5.41, 5.74) is 6.45. The summed E-state index contributed by atoms with van der Waals surface area (Å²) in [4.78, 5) is 14.3. The van der Waals surface area contributed by atoms with Crippen LogP contribution >= 0.6 is 15.9 Å². The van der Waals surface area contributed by atoms with Gasteiger partial charge in [0, 0.05) is 23.6 Å². The summed E-state index contributed by atoms with van der Waals surface area (Å²) in [6.07, 6.45) is 1.73. The van der Waals surface area contributed by atoms with Gasteiger partial charge in [-0.15, -0.1) is 0 Å². The van der Waals surface area contributed by atoms with Gasteiger partial charge in [-0.1, -0.05) is 15.9 Å². The van der Waals surface area contributed by atoms with Crippen molar-refractivity contribution in [1.29, 1.82) is 0 Å². The van der Waals surface area contributed by atoms with Crippen molar-refractivity contribution < 1.29 is 9.53 Å². The lowest BCUT2D eigenvalue weighted by Gasteiger charge is -2.30. The van der Waals surface area contributed by atoms with Gasteiger partial charge < -0.3 is 15.4 Å². The van der Waals surface area contributed by atoms with Crippen LogP contribution in [0.2, 0.25) is 0 Å². The van der Waals surface area contributed by atoms with Crippen LogP contribution in [0.1, 0.15) is 23.2 Å². The molecule has 1 amide bonds. The molecule has 98 valence electrons. The zero-order valence-corrected chi connectivity index (χ0v) is 11.9. The van der Waals surface area contributed by atoms with Crippen molar-refractivity contribution in [3.63, 3.8) is 0 Å². The number of nitrogens with two attached hydrogens (primary N) is 1. The van der Waals surface area contributed by atoms with Crippen molar-refractivity contribution in [1.82, 2.24) is 4.90 Å². The second kappa shape index (κ2) is 5.71. The number of benzene rings is 1. The average Bonchev–Trinajstić information content (AvgIpc) is 2.39. The molecule has 2 N–H and O–H groups in total. The number of carbonyl (C=O) groups excluding carboxylic acids is 1. The number of methoxy groups -OCH3 is 1. The average molecular weight is 313 g/mol. The first-order chi connectivity index (χ1) is 8.61. The van der Waals surface area contributed by atoms with Gasteiger partial charge in [0.05, 0.1) is 12.7 Å². The fraction of sp³-hybridized carbons (Fsp3) is 0.462. The standard InChI is InChI=1S/C13H17BrN2O2/c1-18-12-3-2-9(14)8-11(12)13(17)16-6-4-10(15)5-7-16/h2-3,8,10H,4-7,15H2,1H3. The van der Waals surface area contributed by atoms with E-state index in [1.54, 1.807) is 19.2 Å². The Kier molecular flexibility index (Phi) is 4.24. The van der Waals surface area contributed by atoms with Gasteiger partial charge in [-0.2, -0.15) is 0 Å². The molecule has 0 radical (unpaired) electrons. The molecule has 0 atom stereocenters. The van der Waals surface area contributed by atoms with Crippen LogP contribution in [0.4, 0.5) is 0 Å². The number of likely N-dealkylation sites (tertiary alicyclic amines) is 1. The lowest BCUT2D eigenvalue weighted by molar-refractivity contribution is 0.0711. The second-order valence-electron chi connectivity index (χ2n) is 4.47. The van der Waals surface area contributed by atoms with E-state index in [-0.39, 0.29) is 11.9 Å². The Morgan fingerprint density at radius 3 is 2.72 bits per heavy atom. The second-order valence-corrected chi connectivity index (χ2v) is 5.39. The quantitative estimate of drug-likeness (QED) is 0.909. The lowest BCUT2D eigenvalue weighted by atomic mass is 10.0. The normalized spacial score (nSPS) is 16.7.